The minimum atomic E-state index is -0.508. The predicted molar refractivity (Wildman–Crippen MR) is 51.0 cm³/mol. The minimum Gasteiger partial charge on any atom is -0.394 e. The van der Waals surface area contributed by atoms with Crippen LogP contribution in [0.25, 0.3) is 0 Å². The first-order chi connectivity index (χ1) is 5.74. The quantitative estimate of drug-likeness (QED) is 0.619. The van der Waals surface area contributed by atoms with E-state index in [4.69, 9.17) is 5.11 Å². The number of unbranched alkanes of at least 4 members (excludes halogenated alkanes) is 1. The molecule has 2 nitrogen and oxygen atoms in total. The molecule has 0 saturated carbocycles. The average Bonchev–Trinajstić information content (AvgIpc) is 2.11. The summed E-state index contributed by atoms with van der Waals surface area (Å²) in [5.74, 6) is 0.590. The van der Waals surface area contributed by atoms with Gasteiger partial charge in [-0.2, -0.15) is 0 Å². The lowest BCUT2D eigenvalue weighted by Gasteiger charge is -2.16. The van der Waals surface area contributed by atoms with Gasteiger partial charge in [0.15, 0.2) is 0 Å². The molecule has 2 N–H and O–H groups in total. The summed E-state index contributed by atoms with van der Waals surface area (Å²) < 4.78 is 0. The van der Waals surface area contributed by atoms with Crippen LogP contribution in [0, 0.1) is 5.92 Å². The molecule has 74 valence electrons. The van der Waals surface area contributed by atoms with Crippen molar-refractivity contribution in [3.8, 4) is 0 Å². The molecule has 0 heterocycles. The molecule has 12 heavy (non-hydrogen) atoms. The largest absolute Gasteiger partial charge is 0.394 e. The first-order valence-electron chi connectivity index (χ1n) is 5.03. The summed E-state index contributed by atoms with van der Waals surface area (Å²) in [5, 5.41) is 17.9. The van der Waals surface area contributed by atoms with Gasteiger partial charge in [0.1, 0.15) is 0 Å². The van der Waals surface area contributed by atoms with Crippen LogP contribution in [0.2, 0.25) is 0 Å². The van der Waals surface area contributed by atoms with E-state index in [0.29, 0.717) is 5.92 Å². The van der Waals surface area contributed by atoms with Gasteiger partial charge in [-0.05, 0) is 12.3 Å². The fourth-order valence-electron chi connectivity index (χ4n) is 1.44. The first-order valence-corrected chi connectivity index (χ1v) is 5.03. The van der Waals surface area contributed by atoms with Crippen molar-refractivity contribution < 1.29 is 10.2 Å². The third-order valence-electron chi connectivity index (χ3n) is 2.36. The normalized spacial score (nSPS) is 16.0. The summed E-state index contributed by atoms with van der Waals surface area (Å²) in [4.78, 5) is 0. The van der Waals surface area contributed by atoms with E-state index in [2.05, 4.69) is 13.8 Å². The fourth-order valence-corrected chi connectivity index (χ4v) is 1.44. The van der Waals surface area contributed by atoms with Crippen molar-refractivity contribution in [2.24, 2.45) is 5.92 Å². The lowest BCUT2D eigenvalue weighted by Crippen LogP contribution is -2.17. The van der Waals surface area contributed by atoms with Crippen molar-refractivity contribution >= 4 is 0 Å². The molecule has 2 heteroatoms. The van der Waals surface area contributed by atoms with Crippen molar-refractivity contribution in [3.63, 3.8) is 0 Å². The second kappa shape index (κ2) is 7.56. The summed E-state index contributed by atoms with van der Waals surface area (Å²) in [5.41, 5.74) is 0. The third kappa shape index (κ3) is 5.56. The molecule has 0 aliphatic heterocycles. The number of hydrogen-bond acceptors (Lipinski definition) is 2. The van der Waals surface area contributed by atoms with Gasteiger partial charge in [0.05, 0.1) is 12.7 Å². The van der Waals surface area contributed by atoms with E-state index in [1.165, 1.54) is 19.3 Å². The molecule has 0 aromatic heterocycles. The molecule has 0 fully saturated rings. The summed E-state index contributed by atoms with van der Waals surface area (Å²) in [7, 11) is 0. The van der Waals surface area contributed by atoms with E-state index in [9.17, 15) is 5.11 Å². The summed E-state index contributed by atoms with van der Waals surface area (Å²) in [6.07, 6.45) is 4.99. The van der Waals surface area contributed by atoms with Gasteiger partial charge in [-0.3, -0.25) is 0 Å². The number of rotatable bonds is 7. The van der Waals surface area contributed by atoms with Crippen LogP contribution in [-0.4, -0.2) is 22.9 Å². The molecular weight excluding hydrogens is 152 g/mol. The van der Waals surface area contributed by atoms with Gasteiger partial charge in [0.25, 0.3) is 0 Å². The zero-order chi connectivity index (χ0) is 9.40. The molecule has 2 unspecified atom stereocenters. The van der Waals surface area contributed by atoms with E-state index < -0.39 is 6.10 Å². The van der Waals surface area contributed by atoms with Crippen LogP contribution in [0.1, 0.15) is 46.0 Å². The van der Waals surface area contributed by atoms with Crippen molar-refractivity contribution in [1.29, 1.82) is 0 Å². The first kappa shape index (κ1) is 11.9. The molecule has 0 bridgehead atoms. The highest BCUT2D eigenvalue weighted by Crippen LogP contribution is 2.18. The van der Waals surface area contributed by atoms with Gasteiger partial charge in [-0.15, -0.1) is 0 Å². The molecule has 0 spiro atoms. The minimum absolute atomic E-state index is 0.0946. The monoisotopic (exact) mass is 174 g/mol. The van der Waals surface area contributed by atoms with Gasteiger partial charge in [-0.25, -0.2) is 0 Å². The van der Waals surface area contributed by atoms with Crippen LogP contribution in [0.3, 0.4) is 0 Å². The Morgan fingerprint density at radius 2 is 1.92 bits per heavy atom. The van der Waals surface area contributed by atoms with Crippen LogP contribution in [0.5, 0.6) is 0 Å². The SMILES string of the molecule is CCCCC(CC)CC(O)CO. The molecule has 0 saturated heterocycles. The lowest BCUT2D eigenvalue weighted by atomic mass is 9.93. The van der Waals surface area contributed by atoms with Crippen LogP contribution in [0.15, 0.2) is 0 Å². The zero-order valence-electron chi connectivity index (χ0n) is 8.29. The Balaban J connectivity index is 3.51. The van der Waals surface area contributed by atoms with Crippen LogP contribution < -0.4 is 0 Å². The van der Waals surface area contributed by atoms with Crippen molar-refractivity contribution in [2.75, 3.05) is 6.61 Å². The van der Waals surface area contributed by atoms with Gasteiger partial charge >= 0.3 is 0 Å². The van der Waals surface area contributed by atoms with Crippen LogP contribution >= 0.6 is 0 Å². The van der Waals surface area contributed by atoms with Crippen molar-refractivity contribution in [2.45, 2.75) is 52.1 Å². The fraction of sp³-hybridized carbons (Fsp3) is 1.00. The molecule has 0 radical (unpaired) electrons. The van der Waals surface area contributed by atoms with Crippen LogP contribution in [0.4, 0.5) is 0 Å². The van der Waals surface area contributed by atoms with Gasteiger partial charge < -0.3 is 10.2 Å². The maximum atomic E-state index is 9.21. The van der Waals surface area contributed by atoms with E-state index in [-0.39, 0.29) is 6.61 Å². The lowest BCUT2D eigenvalue weighted by molar-refractivity contribution is 0.0718. The second-order valence-corrected chi connectivity index (χ2v) is 3.49. The van der Waals surface area contributed by atoms with Gasteiger partial charge in [0.2, 0.25) is 0 Å². The number of hydrogen-bond donors (Lipinski definition) is 2. The molecule has 0 amide bonds. The Kier molecular flexibility index (Phi) is 7.51. The average molecular weight is 174 g/mol. The molecule has 0 aromatic carbocycles. The van der Waals surface area contributed by atoms with E-state index in [0.717, 1.165) is 12.8 Å². The molecule has 0 aromatic rings. The maximum Gasteiger partial charge on any atom is 0.0773 e. The van der Waals surface area contributed by atoms with Gasteiger partial charge in [-0.1, -0.05) is 39.5 Å². The Morgan fingerprint density at radius 1 is 1.25 bits per heavy atom. The Hall–Kier alpha value is -0.0800. The zero-order valence-corrected chi connectivity index (χ0v) is 8.29. The molecule has 0 aliphatic carbocycles. The van der Waals surface area contributed by atoms with Crippen molar-refractivity contribution in [1.82, 2.24) is 0 Å². The Morgan fingerprint density at radius 3 is 2.33 bits per heavy atom. The second-order valence-electron chi connectivity index (χ2n) is 3.49. The molecule has 0 aliphatic rings. The Labute approximate surface area is 75.6 Å². The van der Waals surface area contributed by atoms with E-state index >= 15 is 0 Å². The van der Waals surface area contributed by atoms with Crippen LogP contribution in [-0.2, 0) is 0 Å². The summed E-state index contributed by atoms with van der Waals surface area (Å²) >= 11 is 0. The molecular formula is C10H22O2. The highest BCUT2D eigenvalue weighted by atomic mass is 16.3. The summed E-state index contributed by atoms with van der Waals surface area (Å²) in [6.45, 7) is 4.22. The molecule has 0 rings (SSSR count). The third-order valence-corrected chi connectivity index (χ3v) is 2.36. The molecule has 2 atom stereocenters. The predicted octanol–water partition coefficient (Wildman–Crippen LogP) is 1.95. The topological polar surface area (TPSA) is 40.5 Å². The van der Waals surface area contributed by atoms with Gasteiger partial charge in [0, 0.05) is 0 Å². The highest BCUT2D eigenvalue weighted by Gasteiger charge is 2.11. The van der Waals surface area contributed by atoms with Crippen molar-refractivity contribution in [3.05, 3.63) is 0 Å². The number of aliphatic hydroxyl groups excluding tert-OH is 2. The highest BCUT2D eigenvalue weighted by molar-refractivity contribution is 4.63. The smallest absolute Gasteiger partial charge is 0.0773 e. The standard InChI is InChI=1S/C10H22O2/c1-3-5-6-9(4-2)7-10(12)8-11/h9-12H,3-8H2,1-2H3. The van der Waals surface area contributed by atoms with E-state index in [1.807, 2.05) is 0 Å². The number of aliphatic hydroxyl groups is 2. The maximum absolute atomic E-state index is 9.21. The summed E-state index contributed by atoms with van der Waals surface area (Å²) in [6, 6.07) is 0. The van der Waals surface area contributed by atoms with E-state index in [1.54, 1.807) is 0 Å². The Bertz CT molecular complexity index is 93.8.